The Balaban J connectivity index is 0.00000156. The summed E-state index contributed by atoms with van der Waals surface area (Å²) in [6.07, 6.45) is 0. The fourth-order valence-corrected chi connectivity index (χ4v) is 3.95. The number of rotatable bonds is 3. The first-order valence-corrected chi connectivity index (χ1v) is 8.08. The van der Waals surface area contributed by atoms with Crippen LogP contribution in [0.3, 0.4) is 0 Å². The molecule has 5 rings (SSSR count). The van der Waals surface area contributed by atoms with E-state index in [1.807, 2.05) is 60.7 Å². The van der Waals surface area contributed by atoms with Gasteiger partial charge in [-0.25, -0.2) is 0 Å². The van der Waals surface area contributed by atoms with Gasteiger partial charge in [0.2, 0.25) is 0 Å². The van der Waals surface area contributed by atoms with Gasteiger partial charge in [0.25, 0.3) is 0 Å². The van der Waals surface area contributed by atoms with Gasteiger partial charge in [-0.15, -0.1) is 12.4 Å². The zero-order chi connectivity index (χ0) is 15.0. The molecule has 0 amide bonds. The zero-order valence-electron chi connectivity index (χ0n) is 13.1. The summed E-state index contributed by atoms with van der Waals surface area (Å²) in [5.41, 5.74) is 1.02. The molecule has 3 saturated heterocycles. The maximum atomic E-state index is 11.8. The van der Waals surface area contributed by atoms with E-state index < -0.39 is 5.60 Å². The molecule has 2 aromatic rings. The summed E-state index contributed by atoms with van der Waals surface area (Å²) < 4.78 is 0. The number of piperazine rings is 3. The minimum atomic E-state index is -0.957. The van der Waals surface area contributed by atoms with Crippen molar-refractivity contribution in [3.8, 4) is 0 Å². The molecule has 3 aliphatic rings. The summed E-state index contributed by atoms with van der Waals surface area (Å²) in [4.78, 5) is 4.93. The molecular formula is C19H23ClN2O. The molecule has 1 atom stereocenters. The van der Waals surface area contributed by atoms with Crippen LogP contribution in [0, 0.1) is 0 Å². The topological polar surface area (TPSA) is 26.7 Å². The maximum Gasteiger partial charge on any atom is 0.131 e. The molecule has 2 aromatic carbocycles. The van der Waals surface area contributed by atoms with Crippen molar-refractivity contribution in [3.05, 3.63) is 71.8 Å². The van der Waals surface area contributed by atoms with Gasteiger partial charge in [0.15, 0.2) is 0 Å². The Kier molecular flexibility index (Phi) is 4.74. The van der Waals surface area contributed by atoms with Crippen molar-refractivity contribution in [1.29, 1.82) is 0 Å². The molecule has 2 bridgehead atoms. The number of benzene rings is 2. The van der Waals surface area contributed by atoms with E-state index in [-0.39, 0.29) is 18.4 Å². The summed E-state index contributed by atoms with van der Waals surface area (Å²) >= 11 is 0. The van der Waals surface area contributed by atoms with Crippen LogP contribution in [0.2, 0.25) is 0 Å². The Morgan fingerprint density at radius 2 is 1.26 bits per heavy atom. The Hall–Kier alpha value is -1.39. The van der Waals surface area contributed by atoms with E-state index in [2.05, 4.69) is 9.80 Å². The molecule has 1 N–H and O–H groups in total. The van der Waals surface area contributed by atoms with E-state index in [1.165, 1.54) is 0 Å². The van der Waals surface area contributed by atoms with Crippen LogP contribution in [0.4, 0.5) is 0 Å². The Morgan fingerprint density at radius 3 is 1.65 bits per heavy atom. The highest BCUT2D eigenvalue weighted by Gasteiger charge is 2.47. The molecule has 0 saturated carbocycles. The Bertz CT molecular complexity index is 587. The van der Waals surface area contributed by atoms with Crippen molar-refractivity contribution < 1.29 is 5.11 Å². The van der Waals surface area contributed by atoms with Crippen molar-refractivity contribution in [1.82, 2.24) is 9.80 Å². The van der Waals surface area contributed by atoms with Crippen LogP contribution in [-0.2, 0) is 5.60 Å². The Morgan fingerprint density at radius 1 is 0.783 bits per heavy atom. The molecule has 0 aromatic heterocycles. The molecule has 4 heteroatoms. The van der Waals surface area contributed by atoms with Crippen LogP contribution in [0.15, 0.2) is 60.7 Å². The van der Waals surface area contributed by atoms with Crippen LogP contribution in [0.25, 0.3) is 0 Å². The molecule has 3 heterocycles. The van der Waals surface area contributed by atoms with E-state index in [0.717, 1.165) is 43.9 Å². The lowest BCUT2D eigenvalue weighted by molar-refractivity contribution is -0.0879. The van der Waals surface area contributed by atoms with Gasteiger partial charge in [0.1, 0.15) is 5.60 Å². The molecule has 3 nitrogen and oxygen atoms in total. The number of halogens is 1. The highest BCUT2D eigenvalue weighted by molar-refractivity contribution is 5.85. The fraction of sp³-hybridized carbons (Fsp3) is 0.368. The van der Waals surface area contributed by atoms with Crippen LogP contribution in [-0.4, -0.2) is 53.7 Å². The fourth-order valence-electron chi connectivity index (χ4n) is 3.95. The summed E-state index contributed by atoms with van der Waals surface area (Å²) in [5, 5.41) is 11.8. The number of fused-ring (bicyclic) bond motifs is 3. The van der Waals surface area contributed by atoms with Crippen LogP contribution < -0.4 is 0 Å². The van der Waals surface area contributed by atoms with Gasteiger partial charge in [-0.05, 0) is 11.1 Å². The number of aliphatic hydroxyl groups is 1. The average Bonchev–Trinajstić information content (AvgIpc) is 2.63. The molecule has 0 spiro atoms. The summed E-state index contributed by atoms with van der Waals surface area (Å²) in [5.74, 6) is 0. The molecule has 23 heavy (non-hydrogen) atoms. The van der Waals surface area contributed by atoms with Gasteiger partial charge in [0, 0.05) is 32.7 Å². The van der Waals surface area contributed by atoms with Crippen molar-refractivity contribution in [3.63, 3.8) is 0 Å². The molecule has 0 radical (unpaired) electrons. The van der Waals surface area contributed by atoms with Gasteiger partial charge >= 0.3 is 0 Å². The molecule has 3 fully saturated rings. The van der Waals surface area contributed by atoms with Crippen molar-refractivity contribution in [2.24, 2.45) is 0 Å². The van der Waals surface area contributed by atoms with Gasteiger partial charge < -0.3 is 5.11 Å². The molecule has 0 aliphatic carbocycles. The first kappa shape index (κ1) is 16.5. The predicted molar refractivity (Wildman–Crippen MR) is 94.9 cm³/mol. The second-order valence-electron chi connectivity index (χ2n) is 6.35. The third kappa shape index (κ3) is 2.79. The van der Waals surface area contributed by atoms with E-state index in [9.17, 15) is 5.11 Å². The third-order valence-electron chi connectivity index (χ3n) is 5.19. The molecular weight excluding hydrogens is 308 g/mol. The van der Waals surface area contributed by atoms with Crippen LogP contribution >= 0.6 is 12.4 Å². The van der Waals surface area contributed by atoms with Gasteiger partial charge in [-0.2, -0.15) is 0 Å². The largest absolute Gasteiger partial charge is 0.379 e. The lowest BCUT2D eigenvalue weighted by atomic mass is 9.77. The number of hydrogen-bond acceptors (Lipinski definition) is 3. The van der Waals surface area contributed by atoms with Gasteiger partial charge in [-0.1, -0.05) is 60.7 Å². The van der Waals surface area contributed by atoms with Crippen molar-refractivity contribution in [2.45, 2.75) is 11.6 Å². The van der Waals surface area contributed by atoms with Gasteiger partial charge in [-0.3, -0.25) is 9.80 Å². The molecule has 122 valence electrons. The number of nitrogens with zero attached hydrogens (tertiary/aromatic N) is 2. The van der Waals surface area contributed by atoms with Crippen LogP contribution in [0.1, 0.15) is 11.1 Å². The maximum absolute atomic E-state index is 11.8. The summed E-state index contributed by atoms with van der Waals surface area (Å²) in [6, 6.07) is 20.4. The first-order chi connectivity index (χ1) is 10.8. The predicted octanol–water partition coefficient (Wildman–Crippen LogP) is 2.34. The summed E-state index contributed by atoms with van der Waals surface area (Å²) in [6.45, 7) is 5.27. The van der Waals surface area contributed by atoms with Crippen molar-refractivity contribution in [2.75, 3.05) is 32.7 Å². The second-order valence-corrected chi connectivity index (χ2v) is 6.35. The average molecular weight is 331 g/mol. The highest BCUT2D eigenvalue weighted by Crippen LogP contribution is 2.38. The standard InChI is InChI=1S/C19H22N2O.ClH/c22-19(16-7-3-1-4-8-16,17-9-5-2-6-10-17)18-15-20-11-13-21(18)14-12-20;/h1-10,18,22H,11-15H2;1H. The van der Waals surface area contributed by atoms with E-state index in [4.69, 9.17) is 0 Å². The Labute approximate surface area is 143 Å². The van der Waals surface area contributed by atoms with Gasteiger partial charge in [0.05, 0.1) is 6.04 Å². The minimum absolute atomic E-state index is 0. The lowest BCUT2D eigenvalue weighted by Crippen LogP contribution is -2.67. The third-order valence-corrected chi connectivity index (χ3v) is 5.19. The normalized spacial score (nSPS) is 26.6. The second kappa shape index (κ2) is 6.62. The zero-order valence-corrected chi connectivity index (χ0v) is 14.0. The van der Waals surface area contributed by atoms with E-state index in [0.29, 0.717) is 0 Å². The van der Waals surface area contributed by atoms with Crippen LogP contribution in [0.5, 0.6) is 0 Å². The lowest BCUT2D eigenvalue weighted by Gasteiger charge is -2.53. The highest BCUT2D eigenvalue weighted by atomic mass is 35.5. The van der Waals surface area contributed by atoms with E-state index >= 15 is 0 Å². The number of hydrogen-bond donors (Lipinski definition) is 1. The monoisotopic (exact) mass is 330 g/mol. The summed E-state index contributed by atoms with van der Waals surface area (Å²) in [7, 11) is 0. The smallest absolute Gasteiger partial charge is 0.131 e. The minimum Gasteiger partial charge on any atom is -0.379 e. The van der Waals surface area contributed by atoms with Crippen molar-refractivity contribution >= 4 is 12.4 Å². The first-order valence-electron chi connectivity index (χ1n) is 8.08. The molecule has 3 aliphatic heterocycles. The SMILES string of the molecule is Cl.OC(c1ccccc1)(c1ccccc1)C1CN2CCN1CC2. The quantitative estimate of drug-likeness (QED) is 0.936. The van der Waals surface area contributed by atoms with E-state index in [1.54, 1.807) is 0 Å². The molecule has 1 unspecified atom stereocenters.